The predicted molar refractivity (Wildman–Crippen MR) is 157 cm³/mol. The number of piperidine rings is 1. The van der Waals surface area contributed by atoms with E-state index in [1.807, 2.05) is 18.2 Å². The van der Waals surface area contributed by atoms with Crippen molar-refractivity contribution in [2.75, 3.05) is 32.8 Å². The molecule has 12 heteroatoms. The summed E-state index contributed by atoms with van der Waals surface area (Å²) in [5, 5.41) is 24.1. The molecule has 11 nitrogen and oxygen atoms in total. The van der Waals surface area contributed by atoms with Gasteiger partial charge in [-0.3, -0.25) is 19.3 Å². The van der Waals surface area contributed by atoms with Crippen molar-refractivity contribution in [3.63, 3.8) is 0 Å². The van der Waals surface area contributed by atoms with Gasteiger partial charge in [-0.1, -0.05) is 56.3 Å². The van der Waals surface area contributed by atoms with Gasteiger partial charge in [0.05, 0.1) is 11.5 Å². The van der Waals surface area contributed by atoms with Gasteiger partial charge in [-0.2, -0.15) is 0 Å². The molecular weight excluding hydrogens is 560 g/mol. The first-order valence-corrected chi connectivity index (χ1v) is 15.6. The fourth-order valence-corrected chi connectivity index (χ4v) is 5.64. The van der Waals surface area contributed by atoms with Gasteiger partial charge in [-0.25, -0.2) is 13.1 Å². The van der Waals surface area contributed by atoms with Crippen LogP contribution in [0.4, 0.5) is 0 Å². The number of nitrogens with zero attached hydrogens (tertiary/aromatic N) is 1. The number of nitrogens with one attached hydrogen (secondary N) is 3. The number of carbonyl (C=O) groups is 3. The lowest BCUT2D eigenvalue weighted by Gasteiger charge is -2.32. The number of carbonyl (C=O) groups excluding carboxylic acids is 3. The molecule has 5 N–H and O–H groups in total. The molecule has 0 aliphatic carbocycles. The number of aliphatic hydroxyl groups is 2. The van der Waals surface area contributed by atoms with Crippen molar-refractivity contribution in [3.8, 4) is 0 Å². The van der Waals surface area contributed by atoms with E-state index in [9.17, 15) is 33.0 Å². The van der Waals surface area contributed by atoms with Gasteiger partial charge in [0.2, 0.25) is 21.7 Å². The summed E-state index contributed by atoms with van der Waals surface area (Å²) in [5.74, 6) is -2.06. The Labute approximate surface area is 247 Å². The summed E-state index contributed by atoms with van der Waals surface area (Å²) in [7, 11) is -3.69. The van der Waals surface area contributed by atoms with Crippen LogP contribution in [0.25, 0.3) is 0 Å². The highest BCUT2D eigenvalue weighted by molar-refractivity contribution is 7.89. The SMILES string of the molecule is CC(C)(CO)C(O)C(=O)NCCC(=O)C(=O)NCc1ccc(S(=O)(=O)NCC2CCN(Cc3ccccc3)CC2)cc1. The van der Waals surface area contributed by atoms with Gasteiger partial charge in [0.25, 0.3) is 5.91 Å². The summed E-state index contributed by atoms with van der Waals surface area (Å²) in [6.07, 6.45) is 0.113. The maximum absolute atomic E-state index is 12.8. The Morgan fingerprint density at radius 2 is 1.62 bits per heavy atom. The van der Waals surface area contributed by atoms with E-state index < -0.39 is 45.7 Å². The highest BCUT2D eigenvalue weighted by Crippen LogP contribution is 2.20. The second-order valence-electron chi connectivity index (χ2n) is 11.4. The number of ketones is 1. The maximum atomic E-state index is 12.8. The third-order valence-corrected chi connectivity index (χ3v) is 8.95. The van der Waals surface area contributed by atoms with E-state index in [4.69, 9.17) is 0 Å². The number of sulfonamides is 1. The summed E-state index contributed by atoms with van der Waals surface area (Å²) in [6.45, 7) is 5.64. The predicted octanol–water partition coefficient (Wildman–Crippen LogP) is 0.948. The molecule has 2 aromatic carbocycles. The summed E-state index contributed by atoms with van der Waals surface area (Å²) >= 11 is 0. The lowest BCUT2D eigenvalue weighted by molar-refractivity contribution is -0.139. The molecule has 1 saturated heterocycles. The van der Waals surface area contributed by atoms with Crippen LogP contribution >= 0.6 is 0 Å². The summed E-state index contributed by atoms with van der Waals surface area (Å²) in [5.41, 5.74) is 0.841. The van der Waals surface area contributed by atoms with E-state index in [0.717, 1.165) is 32.5 Å². The molecule has 0 saturated carbocycles. The van der Waals surface area contributed by atoms with Crippen LogP contribution in [0.5, 0.6) is 0 Å². The van der Waals surface area contributed by atoms with E-state index >= 15 is 0 Å². The fraction of sp³-hybridized carbons (Fsp3) is 0.500. The smallest absolute Gasteiger partial charge is 0.287 e. The Morgan fingerprint density at radius 3 is 2.24 bits per heavy atom. The molecule has 1 aliphatic heterocycles. The van der Waals surface area contributed by atoms with Crippen molar-refractivity contribution < 1.29 is 33.0 Å². The van der Waals surface area contributed by atoms with Gasteiger partial charge in [0, 0.05) is 38.0 Å². The summed E-state index contributed by atoms with van der Waals surface area (Å²) < 4.78 is 28.4. The Morgan fingerprint density at radius 1 is 0.976 bits per heavy atom. The molecule has 0 radical (unpaired) electrons. The number of benzene rings is 2. The van der Waals surface area contributed by atoms with Crippen molar-refractivity contribution in [2.24, 2.45) is 11.3 Å². The quantitative estimate of drug-likeness (QED) is 0.188. The fourth-order valence-electron chi connectivity index (χ4n) is 4.52. The molecule has 0 bridgehead atoms. The Kier molecular flexibility index (Phi) is 12.2. The molecule has 1 unspecified atom stereocenters. The van der Waals surface area contributed by atoms with Crippen LogP contribution in [0.1, 0.15) is 44.2 Å². The van der Waals surface area contributed by atoms with Crippen LogP contribution in [0, 0.1) is 11.3 Å². The lowest BCUT2D eigenvalue weighted by Crippen LogP contribution is -2.46. The van der Waals surface area contributed by atoms with Gasteiger partial charge in [-0.05, 0) is 55.1 Å². The number of amides is 2. The second kappa shape index (κ2) is 15.4. The van der Waals surface area contributed by atoms with Gasteiger partial charge < -0.3 is 20.8 Å². The number of hydrogen-bond donors (Lipinski definition) is 5. The zero-order valence-electron chi connectivity index (χ0n) is 24.2. The topological polar surface area (TPSA) is 165 Å². The van der Waals surface area contributed by atoms with Gasteiger partial charge in [-0.15, -0.1) is 0 Å². The summed E-state index contributed by atoms with van der Waals surface area (Å²) in [6, 6.07) is 16.4. The van der Waals surface area contributed by atoms with E-state index in [1.165, 1.54) is 31.5 Å². The Bertz CT molecular complexity index is 1290. The van der Waals surface area contributed by atoms with Crippen LogP contribution in [0.2, 0.25) is 0 Å². The van der Waals surface area contributed by atoms with Crippen molar-refractivity contribution in [1.82, 2.24) is 20.3 Å². The summed E-state index contributed by atoms with van der Waals surface area (Å²) in [4.78, 5) is 38.7. The molecule has 42 heavy (non-hydrogen) atoms. The zero-order chi connectivity index (χ0) is 30.8. The van der Waals surface area contributed by atoms with E-state index in [1.54, 1.807) is 12.1 Å². The highest BCUT2D eigenvalue weighted by Gasteiger charge is 2.33. The first-order chi connectivity index (χ1) is 19.9. The van der Waals surface area contributed by atoms with Crippen LogP contribution in [-0.2, 0) is 37.5 Å². The molecule has 1 heterocycles. The highest BCUT2D eigenvalue weighted by atomic mass is 32.2. The molecule has 2 amide bonds. The van der Waals surface area contributed by atoms with E-state index in [-0.39, 0.29) is 30.3 Å². The van der Waals surface area contributed by atoms with E-state index in [0.29, 0.717) is 12.1 Å². The zero-order valence-corrected chi connectivity index (χ0v) is 25.0. The Balaban J connectivity index is 1.37. The molecule has 0 spiro atoms. The van der Waals surface area contributed by atoms with Crippen molar-refractivity contribution in [2.45, 2.75) is 57.2 Å². The normalized spacial score (nSPS) is 15.6. The molecule has 230 valence electrons. The molecule has 1 atom stereocenters. The molecule has 3 rings (SSSR count). The maximum Gasteiger partial charge on any atom is 0.287 e. The van der Waals surface area contributed by atoms with Crippen LogP contribution in [0.3, 0.4) is 0 Å². The largest absolute Gasteiger partial charge is 0.396 e. The average Bonchev–Trinajstić information content (AvgIpc) is 2.99. The Hall–Kier alpha value is -3.16. The van der Waals surface area contributed by atoms with Crippen molar-refractivity contribution in [3.05, 3.63) is 65.7 Å². The monoisotopic (exact) mass is 602 g/mol. The molecule has 2 aromatic rings. The number of aliphatic hydroxyl groups excluding tert-OH is 2. The molecule has 1 fully saturated rings. The number of hydrogen-bond acceptors (Lipinski definition) is 8. The molecule has 0 aromatic heterocycles. The minimum atomic E-state index is -3.69. The standard InChI is InChI=1S/C30H42N4O7S/c1-30(2,21-35)27(37)29(39)31-15-12-26(36)28(38)32-18-22-8-10-25(11-9-22)42(40,41)33-19-23-13-16-34(17-14-23)20-24-6-4-3-5-7-24/h3-11,23,27,33,35,37H,12-21H2,1-2H3,(H,31,39)(H,32,38). The number of Topliss-reactive ketones (excluding diaryl/α,β-unsaturated/α-hetero) is 1. The average molecular weight is 603 g/mol. The minimum Gasteiger partial charge on any atom is -0.396 e. The third kappa shape index (κ3) is 9.99. The van der Waals surface area contributed by atoms with E-state index in [2.05, 4.69) is 32.4 Å². The van der Waals surface area contributed by atoms with Crippen LogP contribution in [0.15, 0.2) is 59.5 Å². The van der Waals surface area contributed by atoms with Gasteiger partial charge >= 0.3 is 0 Å². The molecule has 1 aliphatic rings. The number of likely N-dealkylation sites (tertiary alicyclic amines) is 1. The minimum absolute atomic E-state index is 0.0235. The second-order valence-corrected chi connectivity index (χ2v) is 13.2. The van der Waals surface area contributed by atoms with Gasteiger partial charge in [0.15, 0.2) is 0 Å². The first kappa shape index (κ1) is 33.3. The van der Waals surface area contributed by atoms with Crippen LogP contribution in [-0.4, -0.2) is 80.0 Å². The lowest BCUT2D eigenvalue weighted by atomic mass is 9.87. The van der Waals surface area contributed by atoms with Crippen molar-refractivity contribution >= 4 is 27.6 Å². The molecular formula is C30H42N4O7S. The first-order valence-electron chi connectivity index (χ1n) is 14.1. The number of rotatable bonds is 15. The van der Waals surface area contributed by atoms with Gasteiger partial charge in [0.1, 0.15) is 6.10 Å². The van der Waals surface area contributed by atoms with Crippen LogP contribution < -0.4 is 15.4 Å². The van der Waals surface area contributed by atoms with Crippen molar-refractivity contribution in [1.29, 1.82) is 0 Å². The third-order valence-electron chi connectivity index (χ3n) is 7.51.